The minimum absolute atomic E-state index is 0.0905. The third-order valence-corrected chi connectivity index (χ3v) is 6.35. The van der Waals surface area contributed by atoms with E-state index in [1.807, 2.05) is 61.5 Å². The molecule has 0 aliphatic rings. The third-order valence-electron chi connectivity index (χ3n) is 5.92. The van der Waals surface area contributed by atoms with E-state index in [2.05, 4.69) is 10.4 Å². The molecule has 10 heteroatoms. The Kier molecular flexibility index (Phi) is 7.75. The van der Waals surface area contributed by atoms with Crippen molar-refractivity contribution in [2.24, 2.45) is 0 Å². The lowest BCUT2D eigenvalue weighted by atomic mass is 10.1. The summed E-state index contributed by atoms with van der Waals surface area (Å²) >= 11 is 6.06. The summed E-state index contributed by atoms with van der Waals surface area (Å²) in [4.78, 5) is 23.8. The standard InChI is InChI=1S/C30H23ClN4O5/c1-20-15-26(11-12-28(20)31)40-27-17-23(16-24(18-27)35(37)38)32-30(36)29-13-14-34(33-29)19-39-25-9-7-22(8-10-25)21-5-3-2-4-6-21/h2-18H,19H2,1H3,(H,32,36). The SMILES string of the molecule is Cc1cc(Oc2cc(NC(=O)c3ccn(COc4ccc(-c5ccccc5)cc4)n3)cc([N+](=O)[O-])c2)ccc1Cl. The summed E-state index contributed by atoms with van der Waals surface area (Å²) in [5.74, 6) is 0.748. The van der Waals surface area contributed by atoms with Gasteiger partial charge in [0.05, 0.1) is 16.7 Å². The summed E-state index contributed by atoms with van der Waals surface area (Å²) in [6.45, 7) is 1.91. The first-order valence-corrected chi connectivity index (χ1v) is 12.6. The van der Waals surface area contributed by atoms with Crippen LogP contribution in [-0.4, -0.2) is 20.6 Å². The van der Waals surface area contributed by atoms with E-state index >= 15 is 0 Å². The molecule has 0 saturated carbocycles. The van der Waals surface area contributed by atoms with E-state index < -0.39 is 10.8 Å². The van der Waals surface area contributed by atoms with Crippen LogP contribution in [0.5, 0.6) is 17.2 Å². The van der Waals surface area contributed by atoms with E-state index in [1.165, 1.54) is 28.9 Å². The fourth-order valence-corrected chi connectivity index (χ4v) is 4.02. The topological polar surface area (TPSA) is 109 Å². The van der Waals surface area contributed by atoms with Gasteiger partial charge in [-0.3, -0.25) is 14.9 Å². The number of aromatic nitrogens is 2. The van der Waals surface area contributed by atoms with Crippen molar-refractivity contribution in [3.8, 4) is 28.4 Å². The Morgan fingerprint density at radius 3 is 2.38 bits per heavy atom. The van der Waals surface area contributed by atoms with Crippen LogP contribution in [0.4, 0.5) is 11.4 Å². The fraction of sp³-hybridized carbons (Fsp3) is 0.0667. The minimum atomic E-state index is -0.561. The highest BCUT2D eigenvalue weighted by Crippen LogP contribution is 2.31. The molecule has 5 rings (SSSR count). The predicted molar refractivity (Wildman–Crippen MR) is 152 cm³/mol. The van der Waals surface area contributed by atoms with Gasteiger partial charge in [-0.1, -0.05) is 54.1 Å². The summed E-state index contributed by atoms with van der Waals surface area (Å²) < 4.78 is 13.1. The number of amides is 1. The second-order valence-corrected chi connectivity index (χ2v) is 9.25. The molecule has 40 heavy (non-hydrogen) atoms. The van der Waals surface area contributed by atoms with Crippen molar-refractivity contribution < 1.29 is 19.2 Å². The van der Waals surface area contributed by atoms with Gasteiger partial charge in [-0.2, -0.15) is 5.10 Å². The number of rotatable bonds is 9. The Morgan fingerprint density at radius 2 is 1.65 bits per heavy atom. The molecule has 0 aliphatic heterocycles. The van der Waals surface area contributed by atoms with E-state index in [1.54, 1.807) is 24.4 Å². The number of carbonyl (C=O) groups is 1. The third kappa shape index (κ3) is 6.46. The van der Waals surface area contributed by atoms with Crippen molar-refractivity contribution in [2.75, 3.05) is 5.32 Å². The average molecular weight is 555 g/mol. The van der Waals surface area contributed by atoms with Crippen LogP contribution in [-0.2, 0) is 6.73 Å². The van der Waals surface area contributed by atoms with Crippen molar-refractivity contribution >= 4 is 28.9 Å². The van der Waals surface area contributed by atoms with Gasteiger partial charge in [0, 0.05) is 23.4 Å². The summed E-state index contributed by atoms with van der Waals surface area (Å²) in [7, 11) is 0. The molecule has 1 aromatic heterocycles. The van der Waals surface area contributed by atoms with Gasteiger partial charge in [-0.25, -0.2) is 4.68 Å². The maximum atomic E-state index is 12.9. The quantitative estimate of drug-likeness (QED) is 0.149. The normalized spacial score (nSPS) is 10.7. The Balaban J connectivity index is 1.23. The van der Waals surface area contributed by atoms with E-state index in [0.717, 1.165) is 16.7 Å². The number of nitro groups is 1. The lowest BCUT2D eigenvalue weighted by molar-refractivity contribution is -0.384. The number of halogens is 1. The molecular weight excluding hydrogens is 532 g/mol. The van der Waals surface area contributed by atoms with Gasteiger partial charge in [0.2, 0.25) is 0 Å². The largest absolute Gasteiger partial charge is 0.471 e. The van der Waals surface area contributed by atoms with E-state index in [-0.39, 0.29) is 29.5 Å². The zero-order valence-corrected chi connectivity index (χ0v) is 22.0. The number of aryl methyl sites for hydroxylation is 1. The Hall–Kier alpha value is -5.15. The first-order chi connectivity index (χ1) is 19.3. The molecule has 0 saturated heterocycles. The van der Waals surface area contributed by atoms with Gasteiger partial charge < -0.3 is 14.8 Å². The Labute approximate surface area is 234 Å². The van der Waals surface area contributed by atoms with Gasteiger partial charge in [-0.05, 0) is 60.0 Å². The first kappa shape index (κ1) is 26.5. The number of nitro benzene ring substituents is 1. The van der Waals surface area contributed by atoms with Crippen molar-refractivity contribution in [3.05, 3.63) is 130 Å². The van der Waals surface area contributed by atoms with Gasteiger partial charge >= 0.3 is 0 Å². The molecule has 0 bridgehead atoms. The van der Waals surface area contributed by atoms with Crippen molar-refractivity contribution in [3.63, 3.8) is 0 Å². The zero-order valence-electron chi connectivity index (χ0n) is 21.3. The average Bonchev–Trinajstić information content (AvgIpc) is 3.44. The van der Waals surface area contributed by atoms with Crippen LogP contribution >= 0.6 is 11.6 Å². The van der Waals surface area contributed by atoms with Crippen molar-refractivity contribution in [1.82, 2.24) is 9.78 Å². The number of non-ortho nitro benzene ring substituents is 1. The van der Waals surface area contributed by atoms with E-state index in [0.29, 0.717) is 16.5 Å². The second kappa shape index (κ2) is 11.7. The smallest absolute Gasteiger partial charge is 0.276 e. The van der Waals surface area contributed by atoms with Crippen LogP contribution < -0.4 is 14.8 Å². The number of benzene rings is 4. The van der Waals surface area contributed by atoms with Gasteiger partial charge in [0.15, 0.2) is 12.4 Å². The Bertz CT molecular complexity index is 1670. The summed E-state index contributed by atoms with van der Waals surface area (Å²) in [6.07, 6.45) is 1.61. The molecule has 1 amide bonds. The van der Waals surface area contributed by atoms with Gasteiger partial charge in [0.1, 0.15) is 17.2 Å². The van der Waals surface area contributed by atoms with Crippen molar-refractivity contribution in [1.29, 1.82) is 0 Å². The summed E-state index contributed by atoms with van der Waals surface area (Å²) in [5.41, 5.74) is 3.04. The van der Waals surface area contributed by atoms with E-state index in [4.69, 9.17) is 21.1 Å². The summed E-state index contributed by atoms with van der Waals surface area (Å²) in [5, 5.41) is 19.0. The molecule has 0 radical (unpaired) electrons. The fourth-order valence-electron chi connectivity index (χ4n) is 3.90. The molecule has 200 valence electrons. The molecule has 0 aliphatic carbocycles. The lowest BCUT2D eigenvalue weighted by Crippen LogP contribution is -2.14. The molecular formula is C30H23ClN4O5. The monoisotopic (exact) mass is 554 g/mol. The molecule has 0 fully saturated rings. The molecule has 5 aromatic rings. The molecule has 9 nitrogen and oxygen atoms in total. The van der Waals surface area contributed by atoms with Crippen LogP contribution in [0.25, 0.3) is 11.1 Å². The lowest BCUT2D eigenvalue weighted by Gasteiger charge is -2.10. The zero-order chi connectivity index (χ0) is 28.1. The highest BCUT2D eigenvalue weighted by molar-refractivity contribution is 6.31. The van der Waals surface area contributed by atoms with Crippen LogP contribution in [0.2, 0.25) is 5.02 Å². The molecule has 1 N–H and O–H groups in total. The second-order valence-electron chi connectivity index (χ2n) is 8.84. The predicted octanol–water partition coefficient (Wildman–Crippen LogP) is 7.50. The summed E-state index contributed by atoms with van der Waals surface area (Å²) in [6, 6.07) is 28.3. The molecule has 0 atom stereocenters. The molecule has 0 spiro atoms. The maximum absolute atomic E-state index is 12.9. The molecule has 1 heterocycles. The number of nitrogens with one attached hydrogen (secondary N) is 1. The first-order valence-electron chi connectivity index (χ1n) is 12.2. The van der Waals surface area contributed by atoms with Gasteiger partial charge in [0.25, 0.3) is 11.6 Å². The van der Waals surface area contributed by atoms with Crippen LogP contribution in [0.15, 0.2) is 103 Å². The number of hydrogen-bond acceptors (Lipinski definition) is 6. The van der Waals surface area contributed by atoms with E-state index in [9.17, 15) is 14.9 Å². The highest BCUT2D eigenvalue weighted by atomic mass is 35.5. The maximum Gasteiger partial charge on any atom is 0.276 e. The van der Waals surface area contributed by atoms with Crippen LogP contribution in [0.1, 0.15) is 16.1 Å². The number of hydrogen-bond donors (Lipinski definition) is 1. The van der Waals surface area contributed by atoms with Crippen LogP contribution in [0, 0.1) is 17.0 Å². The molecule has 4 aromatic carbocycles. The van der Waals surface area contributed by atoms with Crippen molar-refractivity contribution in [2.45, 2.75) is 13.7 Å². The number of anilines is 1. The molecule has 0 unspecified atom stereocenters. The number of nitrogens with zero attached hydrogens (tertiary/aromatic N) is 3. The van der Waals surface area contributed by atoms with Crippen LogP contribution in [0.3, 0.4) is 0 Å². The minimum Gasteiger partial charge on any atom is -0.471 e. The number of carbonyl (C=O) groups excluding carboxylic acids is 1. The highest BCUT2D eigenvalue weighted by Gasteiger charge is 2.16. The Morgan fingerprint density at radius 1 is 0.925 bits per heavy atom. The van der Waals surface area contributed by atoms with Gasteiger partial charge in [-0.15, -0.1) is 0 Å². The number of ether oxygens (including phenoxy) is 2.